The molecular weight excluding hydrogens is 390 g/mol. The van der Waals surface area contributed by atoms with Gasteiger partial charge in [0.15, 0.2) is 5.76 Å². The van der Waals surface area contributed by atoms with Gasteiger partial charge in [-0.3, -0.25) is 4.79 Å². The molecule has 164 valence electrons. The monoisotopic (exact) mass is 421 g/mol. The zero-order valence-electron chi connectivity index (χ0n) is 18.5. The Balaban J connectivity index is 1.57. The molecule has 0 aliphatic carbocycles. The Kier molecular flexibility index (Phi) is 6.03. The first kappa shape index (κ1) is 21.4. The van der Waals surface area contributed by atoms with E-state index in [2.05, 4.69) is 22.9 Å². The van der Waals surface area contributed by atoms with E-state index in [0.717, 1.165) is 48.7 Å². The highest BCUT2D eigenvalue weighted by Crippen LogP contribution is 2.28. The molecule has 0 spiro atoms. The summed E-state index contributed by atoms with van der Waals surface area (Å²) in [6, 6.07) is 15.7. The molecule has 2 fully saturated rings. The normalized spacial score (nSPS) is 19.6. The van der Waals surface area contributed by atoms with Crippen LogP contribution in [0.1, 0.15) is 25.0 Å². The molecule has 2 aromatic carbocycles. The van der Waals surface area contributed by atoms with E-state index in [1.807, 2.05) is 48.5 Å². The Hall–Kier alpha value is -2.83. The SMILES string of the molecule is CN1CCN(c2ccccc2/C=C2/OCCN(c3ccc(C(C)(C)O)cc3)C2=O)CC1. The molecule has 0 aromatic heterocycles. The van der Waals surface area contributed by atoms with Gasteiger partial charge in [-0.25, -0.2) is 0 Å². The Labute approximate surface area is 184 Å². The van der Waals surface area contributed by atoms with Gasteiger partial charge in [-0.1, -0.05) is 30.3 Å². The lowest BCUT2D eigenvalue weighted by molar-refractivity contribution is -0.120. The van der Waals surface area contributed by atoms with Crippen molar-refractivity contribution in [1.82, 2.24) is 4.90 Å². The average Bonchev–Trinajstić information content (AvgIpc) is 2.76. The van der Waals surface area contributed by atoms with Crippen molar-refractivity contribution in [1.29, 1.82) is 0 Å². The molecule has 2 aliphatic heterocycles. The number of carbonyl (C=O) groups excluding carboxylic acids is 1. The van der Waals surface area contributed by atoms with E-state index in [-0.39, 0.29) is 5.91 Å². The van der Waals surface area contributed by atoms with Gasteiger partial charge >= 0.3 is 0 Å². The maximum Gasteiger partial charge on any atom is 0.293 e. The summed E-state index contributed by atoms with van der Waals surface area (Å²) < 4.78 is 5.79. The van der Waals surface area contributed by atoms with Crippen LogP contribution in [-0.4, -0.2) is 62.3 Å². The second kappa shape index (κ2) is 8.73. The molecular formula is C25H31N3O3. The molecule has 31 heavy (non-hydrogen) atoms. The molecule has 1 amide bonds. The minimum absolute atomic E-state index is 0.143. The second-order valence-corrected chi connectivity index (χ2v) is 8.77. The Bertz CT molecular complexity index is 955. The summed E-state index contributed by atoms with van der Waals surface area (Å²) in [6.45, 7) is 8.42. The molecule has 6 heteroatoms. The lowest BCUT2D eigenvalue weighted by Gasteiger charge is -2.35. The number of amides is 1. The number of hydrogen-bond acceptors (Lipinski definition) is 5. The first-order valence-electron chi connectivity index (χ1n) is 10.8. The molecule has 0 saturated carbocycles. The molecule has 0 atom stereocenters. The van der Waals surface area contributed by atoms with E-state index >= 15 is 0 Å². The zero-order valence-corrected chi connectivity index (χ0v) is 18.5. The highest BCUT2D eigenvalue weighted by Gasteiger charge is 2.27. The highest BCUT2D eigenvalue weighted by molar-refractivity contribution is 6.07. The first-order valence-corrected chi connectivity index (χ1v) is 10.8. The molecule has 2 aromatic rings. The number of nitrogens with zero attached hydrogens (tertiary/aromatic N) is 3. The molecule has 6 nitrogen and oxygen atoms in total. The molecule has 2 heterocycles. The van der Waals surface area contributed by atoms with Crippen molar-refractivity contribution >= 4 is 23.4 Å². The van der Waals surface area contributed by atoms with Gasteiger partial charge in [0.05, 0.1) is 12.1 Å². The minimum Gasteiger partial charge on any atom is -0.486 e. The van der Waals surface area contributed by atoms with Crippen molar-refractivity contribution in [3.05, 3.63) is 65.4 Å². The first-order chi connectivity index (χ1) is 14.8. The number of aliphatic hydroxyl groups is 1. The maximum atomic E-state index is 13.2. The van der Waals surface area contributed by atoms with Crippen molar-refractivity contribution in [3.63, 3.8) is 0 Å². The van der Waals surface area contributed by atoms with Crippen molar-refractivity contribution in [2.75, 3.05) is 56.2 Å². The van der Waals surface area contributed by atoms with Crippen LogP contribution in [0, 0.1) is 0 Å². The molecule has 1 N–H and O–H groups in total. The lowest BCUT2D eigenvalue weighted by Crippen LogP contribution is -2.44. The number of anilines is 2. The average molecular weight is 422 g/mol. The standard InChI is InChI=1S/C25H31N3O3/c1-25(2,30)20-8-10-21(11-9-20)28-16-17-31-23(24(28)29)18-19-6-4-5-7-22(19)27-14-12-26(3)13-15-27/h4-11,18,30H,12-17H2,1-3H3/b23-18+. The van der Waals surface area contributed by atoms with Gasteiger partial charge in [-0.15, -0.1) is 0 Å². The van der Waals surface area contributed by atoms with Crippen LogP contribution in [-0.2, 0) is 15.1 Å². The fraction of sp³-hybridized carbons (Fsp3) is 0.400. The maximum absolute atomic E-state index is 13.2. The summed E-state index contributed by atoms with van der Waals surface area (Å²) in [5.74, 6) is 0.217. The number of ether oxygens (including phenoxy) is 1. The van der Waals surface area contributed by atoms with Crippen molar-refractivity contribution in [2.24, 2.45) is 0 Å². The predicted molar refractivity (Wildman–Crippen MR) is 124 cm³/mol. The predicted octanol–water partition coefficient (Wildman–Crippen LogP) is 3.07. The number of benzene rings is 2. The number of piperazine rings is 1. The smallest absolute Gasteiger partial charge is 0.293 e. The van der Waals surface area contributed by atoms with Gasteiger partial charge in [0, 0.05) is 43.1 Å². The van der Waals surface area contributed by atoms with Crippen LogP contribution in [0.4, 0.5) is 11.4 Å². The van der Waals surface area contributed by atoms with Crippen molar-refractivity contribution < 1.29 is 14.6 Å². The molecule has 0 bridgehead atoms. The largest absolute Gasteiger partial charge is 0.486 e. The van der Waals surface area contributed by atoms with Crippen LogP contribution in [0.5, 0.6) is 0 Å². The van der Waals surface area contributed by atoms with Crippen LogP contribution in [0.2, 0.25) is 0 Å². The summed E-state index contributed by atoms with van der Waals surface area (Å²) in [5.41, 5.74) is 2.83. The Morgan fingerprint density at radius 2 is 1.65 bits per heavy atom. The minimum atomic E-state index is -0.911. The third kappa shape index (κ3) is 4.75. The van der Waals surface area contributed by atoms with E-state index in [0.29, 0.717) is 18.9 Å². The van der Waals surface area contributed by atoms with E-state index in [4.69, 9.17) is 4.74 Å². The van der Waals surface area contributed by atoms with Crippen LogP contribution < -0.4 is 9.80 Å². The molecule has 0 radical (unpaired) electrons. The number of rotatable bonds is 4. The van der Waals surface area contributed by atoms with Crippen LogP contribution in [0.25, 0.3) is 6.08 Å². The highest BCUT2D eigenvalue weighted by atomic mass is 16.5. The van der Waals surface area contributed by atoms with E-state index in [9.17, 15) is 9.90 Å². The fourth-order valence-electron chi connectivity index (χ4n) is 4.03. The number of hydrogen-bond donors (Lipinski definition) is 1. The van der Waals surface area contributed by atoms with Gasteiger partial charge in [0.1, 0.15) is 6.61 Å². The van der Waals surface area contributed by atoms with Gasteiger partial charge in [-0.2, -0.15) is 0 Å². The number of likely N-dealkylation sites (N-methyl/N-ethyl adjacent to an activating group) is 1. The van der Waals surface area contributed by atoms with Gasteiger partial charge < -0.3 is 24.5 Å². The van der Waals surface area contributed by atoms with E-state index in [1.165, 1.54) is 0 Å². The summed E-state index contributed by atoms with van der Waals surface area (Å²) >= 11 is 0. The lowest BCUT2D eigenvalue weighted by atomic mass is 9.98. The Morgan fingerprint density at radius 1 is 0.968 bits per heavy atom. The second-order valence-electron chi connectivity index (χ2n) is 8.77. The van der Waals surface area contributed by atoms with Crippen LogP contribution >= 0.6 is 0 Å². The molecule has 2 aliphatic rings. The topological polar surface area (TPSA) is 56.3 Å². The number of morpholine rings is 1. The van der Waals surface area contributed by atoms with Gasteiger partial charge in [0.25, 0.3) is 5.91 Å². The molecule has 2 saturated heterocycles. The fourth-order valence-corrected chi connectivity index (χ4v) is 4.03. The number of para-hydroxylation sites is 1. The van der Waals surface area contributed by atoms with Crippen molar-refractivity contribution in [3.8, 4) is 0 Å². The van der Waals surface area contributed by atoms with Gasteiger partial charge in [-0.05, 0) is 50.7 Å². The zero-order chi connectivity index (χ0) is 22.0. The van der Waals surface area contributed by atoms with E-state index < -0.39 is 5.60 Å². The van der Waals surface area contributed by atoms with Crippen LogP contribution in [0.15, 0.2) is 54.3 Å². The molecule has 4 rings (SSSR count). The third-order valence-electron chi connectivity index (χ3n) is 5.98. The summed E-state index contributed by atoms with van der Waals surface area (Å²) in [7, 11) is 2.14. The van der Waals surface area contributed by atoms with Crippen LogP contribution in [0.3, 0.4) is 0 Å². The quantitative estimate of drug-likeness (QED) is 0.769. The Morgan fingerprint density at radius 3 is 2.32 bits per heavy atom. The summed E-state index contributed by atoms with van der Waals surface area (Å²) in [6.07, 6.45) is 1.87. The summed E-state index contributed by atoms with van der Waals surface area (Å²) in [4.78, 5) is 19.6. The van der Waals surface area contributed by atoms with Gasteiger partial charge in [0.2, 0.25) is 0 Å². The van der Waals surface area contributed by atoms with E-state index in [1.54, 1.807) is 18.7 Å². The third-order valence-corrected chi connectivity index (χ3v) is 5.98. The number of carbonyl (C=O) groups is 1. The summed E-state index contributed by atoms with van der Waals surface area (Å²) in [5, 5.41) is 10.2. The van der Waals surface area contributed by atoms with Crippen molar-refractivity contribution in [2.45, 2.75) is 19.4 Å². The molecule has 0 unspecified atom stereocenters.